The second kappa shape index (κ2) is 11.7. The number of rotatable bonds is 11. The number of amides is 1. The van der Waals surface area contributed by atoms with Crippen molar-refractivity contribution in [3.63, 3.8) is 0 Å². The lowest BCUT2D eigenvalue weighted by Crippen LogP contribution is -2.37. The number of aromatic nitrogens is 2. The Kier molecular flexibility index (Phi) is 8.25. The van der Waals surface area contributed by atoms with Crippen LogP contribution < -0.4 is 14.8 Å². The number of carbonyl (C=O) groups is 2. The Morgan fingerprint density at radius 1 is 1.06 bits per heavy atom. The van der Waals surface area contributed by atoms with Crippen molar-refractivity contribution in [1.82, 2.24) is 15.1 Å². The number of hydrogen-bond acceptors (Lipinski definition) is 5. The molecule has 1 fully saturated rings. The second-order valence-corrected chi connectivity index (χ2v) is 9.13. The first-order chi connectivity index (χ1) is 17.5. The maximum absolute atomic E-state index is 13.3. The van der Waals surface area contributed by atoms with E-state index in [2.05, 4.69) is 5.32 Å². The average molecular weight is 492 g/mol. The summed E-state index contributed by atoms with van der Waals surface area (Å²) in [5.74, 6) is -0.0791. The van der Waals surface area contributed by atoms with Gasteiger partial charge in [0, 0.05) is 6.04 Å². The Morgan fingerprint density at radius 2 is 1.72 bits per heavy atom. The minimum Gasteiger partial charge on any atom is -0.496 e. The van der Waals surface area contributed by atoms with Gasteiger partial charge in [-0.3, -0.25) is 14.3 Å². The van der Waals surface area contributed by atoms with Crippen LogP contribution in [0.15, 0.2) is 54.6 Å². The molecule has 0 bridgehead atoms. The van der Waals surface area contributed by atoms with Crippen LogP contribution in [0.1, 0.15) is 60.6 Å². The Labute approximate surface area is 211 Å². The van der Waals surface area contributed by atoms with E-state index in [9.17, 15) is 14.7 Å². The van der Waals surface area contributed by atoms with Crippen LogP contribution in [-0.2, 0) is 11.2 Å². The van der Waals surface area contributed by atoms with Gasteiger partial charge in [0.25, 0.3) is 5.91 Å². The molecule has 1 saturated carbocycles. The molecule has 0 saturated heterocycles. The lowest BCUT2D eigenvalue weighted by molar-refractivity contribution is -0.137. The summed E-state index contributed by atoms with van der Waals surface area (Å²) in [5, 5.41) is 17.1. The lowest BCUT2D eigenvalue weighted by Gasteiger charge is -2.18. The average Bonchev–Trinajstić information content (AvgIpc) is 3.57. The molecule has 1 aliphatic rings. The van der Waals surface area contributed by atoms with Crippen LogP contribution in [0.4, 0.5) is 0 Å². The van der Waals surface area contributed by atoms with Crippen molar-refractivity contribution in [3.8, 4) is 22.8 Å². The molecule has 0 radical (unpaired) electrons. The van der Waals surface area contributed by atoms with Crippen molar-refractivity contribution in [2.24, 2.45) is 0 Å². The third-order valence-electron chi connectivity index (χ3n) is 6.70. The van der Waals surface area contributed by atoms with Crippen LogP contribution in [0.2, 0.25) is 0 Å². The van der Waals surface area contributed by atoms with E-state index in [-0.39, 0.29) is 24.1 Å². The normalized spacial score (nSPS) is 14.4. The molecule has 1 aromatic heterocycles. The van der Waals surface area contributed by atoms with Crippen LogP contribution in [0.3, 0.4) is 0 Å². The Balaban J connectivity index is 1.63. The SMILES string of the molecule is COc1cccc(OC)c1-c1cc(C(=O)N[C@@H](CCc2ccccc2)CC(=O)O)nn1C1CCCC1. The van der Waals surface area contributed by atoms with E-state index in [1.54, 1.807) is 20.3 Å². The number of nitrogens with one attached hydrogen (secondary N) is 1. The van der Waals surface area contributed by atoms with E-state index in [1.165, 1.54) is 0 Å². The highest BCUT2D eigenvalue weighted by Crippen LogP contribution is 2.41. The number of carbonyl (C=O) groups excluding carboxylic acids is 1. The van der Waals surface area contributed by atoms with Crippen LogP contribution in [0.25, 0.3) is 11.3 Å². The zero-order chi connectivity index (χ0) is 25.5. The maximum Gasteiger partial charge on any atom is 0.305 e. The zero-order valence-corrected chi connectivity index (χ0v) is 20.8. The van der Waals surface area contributed by atoms with Gasteiger partial charge in [-0.2, -0.15) is 5.10 Å². The van der Waals surface area contributed by atoms with Gasteiger partial charge in [-0.1, -0.05) is 49.2 Å². The summed E-state index contributed by atoms with van der Waals surface area (Å²) < 4.78 is 13.2. The largest absolute Gasteiger partial charge is 0.496 e. The second-order valence-electron chi connectivity index (χ2n) is 9.13. The van der Waals surface area contributed by atoms with E-state index in [4.69, 9.17) is 14.6 Å². The molecule has 4 rings (SSSR count). The molecular formula is C28H33N3O5. The summed E-state index contributed by atoms with van der Waals surface area (Å²) in [6.45, 7) is 0. The molecule has 1 aliphatic carbocycles. The molecule has 1 atom stereocenters. The van der Waals surface area contributed by atoms with Gasteiger partial charge in [0.15, 0.2) is 5.69 Å². The van der Waals surface area contributed by atoms with Gasteiger partial charge in [0.1, 0.15) is 11.5 Å². The molecule has 8 heteroatoms. The minimum atomic E-state index is -0.954. The van der Waals surface area contributed by atoms with Crippen LogP contribution in [0, 0.1) is 0 Å². The molecule has 1 amide bonds. The van der Waals surface area contributed by atoms with Crippen molar-refractivity contribution in [1.29, 1.82) is 0 Å². The van der Waals surface area contributed by atoms with Gasteiger partial charge in [-0.05, 0) is 49.4 Å². The van der Waals surface area contributed by atoms with Gasteiger partial charge in [0.05, 0.1) is 37.9 Å². The lowest BCUT2D eigenvalue weighted by atomic mass is 10.0. The molecule has 2 N–H and O–H groups in total. The third-order valence-corrected chi connectivity index (χ3v) is 6.70. The van der Waals surface area contributed by atoms with Crippen LogP contribution >= 0.6 is 0 Å². The van der Waals surface area contributed by atoms with Crippen LogP contribution in [-0.4, -0.2) is 47.0 Å². The summed E-state index contributed by atoms with van der Waals surface area (Å²) in [4.78, 5) is 24.8. The summed E-state index contributed by atoms with van der Waals surface area (Å²) in [6.07, 6.45) is 5.19. The van der Waals surface area contributed by atoms with E-state index >= 15 is 0 Å². The molecule has 0 spiro atoms. The fourth-order valence-electron chi connectivity index (χ4n) is 4.90. The van der Waals surface area contributed by atoms with Crippen molar-refractivity contribution < 1.29 is 24.2 Å². The van der Waals surface area contributed by atoms with E-state index in [1.807, 2.05) is 53.2 Å². The highest BCUT2D eigenvalue weighted by Gasteiger charge is 2.28. The number of methoxy groups -OCH3 is 2. The summed E-state index contributed by atoms with van der Waals surface area (Å²) in [5.41, 5.74) is 2.84. The number of carboxylic acid groups (broad SMARTS) is 1. The number of aliphatic carboxylic acids is 1. The maximum atomic E-state index is 13.3. The Bertz CT molecular complexity index is 1160. The van der Waals surface area contributed by atoms with E-state index in [0.717, 1.165) is 42.5 Å². The molecule has 1 heterocycles. The first-order valence-electron chi connectivity index (χ1n) is 12.4. The molecule has 190 valence electrons. The fraction of sp³-hybridized carbons (Fsp3) is 0.393. The predicted molar refractivity (Wildman–Crippen MR) is 137 cm³/mol. The molecular weight excluding hydrogens is 458 g/mol. The summed E-state index contributed by atoms with van der Waals surface area (Å²) in [6, 6.07) is 16.8. The molecule has 8 nitrogen and oxygen atoms in total. The number of nitrogens with zero attached hydrogens (tertiary/aromatic N) is 2. The molecule has 36 heavy (non-hydrogen) atoms. The zero-order valence-electron chi connectivity index (χ0n) is 20.8. The van der Waals surface area contributed by atoms with Crippen molar-refractivity contribution in [2.45, 2.75) is 57.0 Å². The molecule has 2 aromatic carbocycles. The summed E-state index contributed by atoms with van der Waals surface area (Å²) >= 11 is 0. The third kappa shape index (κ3) is 5.87. The first kappa shape index (κ1) is 25.3. The number of aryl methyl sites for hydroxylation is 1. The fourth-order valence-corrected chi connectivity index (χ4v) is 4.90. The van der Waals surface area contributed by atoms with Gasteiger partial charge in [0.2, 0.25) is 0 Å². The standard InChI is InChI=1S/C28H33N3O5/c1-35-24-13-8-14-25(36-2)27(24)23-18-22(30-31(23)21-11-6-7-12-21)28(34)29-20(17-26(32)33)16-15-19-9-4-3-5-10-19/h3-5,8-10,13-14,18,20-21H,6-7,11-12,15-17H2,1-2H3,(H,29,34)(H,32,33)/t20-/m0/s1. The molecule has 0 aliphatic heterocycles. The van der Waals surface area contributed by atoms with E-state index in [0.29, 0.717) is 24.3 Å². The Morgan fingerprint density at radius 3 is 2.33 bits per heavy atom. The van der Waals surface area contributed by atoms with Crippen molar-refractivity contribution in [2.75, 3.05) is 14.2 Å². The van der Waals surface area contributed by atoms with Crippen molar-refractivity contribution >= 4 is 11.9 Å². The number of ether oxygens (including phenoxy) is 2. The highest BCUT2D eigenvalue weighted by molar-refractivity contribution is 5.94. The molecule has 0 unspecified atom stereocenters. The Hall–Kier alpha value is -3.81. The quantitative estimate of drug-likeness (QED) is 0.396. The van der Waals surface area contributed by atoms with Crippen LogP contribution in [0.5, 0.6) is 11.5 Å². The van der Waals surface area contributed by atoms with Gasteiger partial charge < -0.3 is 19.9 Å². The van der Waals surface area contributed by atoms with Gasteiger partial charge >= 0.3 is 5.97 Å². The van der Waals surface area contributed by atoms with Gasteiger partial charge in [-0.25, -0.2) is 0 Å². The monoisotopic (exact) mass is 491 g/mol. The predicted octanol–water partition coefficient (Wildman–Crippen LogP) is 4.89. The minimum absolute atomic E-state index is 0.158. The van der Waals surface area contributed by atoms with Gasteiger partial charge in [-0.15, -0.1) is 0 Å². The first-order valence-corrected chi connectivity index (χ1v) is 12.4. The molecule has 3 aromatic rings. The summed E-state index contributed by atoms with van der Waals surface area (Å²) in [7, 11) is 3.21. The number of benzene rings is 2. The van der Waals surface area contributed by atoms with Crippen molar-refractivity contribution in [3.05, 3.63) is 65.9 Å². The smallest absolute Gasteiger partial charge is 0.305 e. The number of hydrogen-bond donors (Lipinski definition) is 2. The highest BCUT2D eigenvalue weighted by atomic mass is 16.5. The topological polar surface area (TPSA) is 103 Å². The van der Waals surface area contributed by atoms with E-state index < -0.39 is 12.0 Å². The number of carboxylic acids is 1.